The molecule has 1 heterocycles. The summed E-state index contributed by atoms with van der Waals surface area (Å²) in [5, 5.41) is 12.8. The van der Waals surface area contributed by atoms with Gasteiger partial charge < -0.3 is 10.0 Å². The highest BCUT2D eigenvalue weighted by molar-refractivity contribution is 6.01. The minimum absolute atomic E-state index is 0.0355. The summed E-state index contributed by atoms with van der Waals surface area (Å²) in [6.45, 7) is 3.78. The molecule has 0 amide bonds. The zero-order valence-electron chi connectivity index (χ0n) is 15.8. The van der Waals surface area contributed by atoms with Gasteiger partial charge in [-0.3, -0.25) is 5.32 Å². The summed E-state index contributed by atoms with van der Waals surface area (Å²) in [4.78, 5) is 13.5. The molecule has 0 radical (unpaired) electrons. The van der Waals surface area contributed by atoms with Crippen LogP contribution in [0, 0.1) is 5.82 Å². The molecule has 1 unspecified atom stereocenters. The van der Waals surface area contributed by atoms with Crippen molar-refractivity contribution in [3.8, 4) is 0 Å². The fraction of sp³-hybridized carbons (Fsp3) is 0.286. The van der Waals surface area contributed by atoms with Gasteiger partial charge in [0.2, 0.25) is 0 Å². The minimum Gasteiger partial charge on any atom is -0.478 e. The highest BCUT2D eigenvalue weighted by atomic mass is 19.4. The average Bonchev–Trinajstić information content (AvgIpc) is 2.63. The number of benzene rings is 2. The number of fused-ring (bicyclic) bond motifs is 1. The molecule has 0 fully saturated rings. The monoisotopic (exact) mass is 408 g/mol. The number of nitrogens with one attached hydrogen (secondary N) is 1. The molecular weight excluding hydrogens is 388 g/mol. The van der Waals surface area contributed by atoms with Gasteiger partial charge in [-0.05, 0) is 48.9 Å². The number of nitrogens with zero attached hydrogens (tertiary/aromatic N) is 1. The second-order valence-corrected chi connectivity index (χ2v) is 6.79. The average molecular weight is 408 g/mol. The molecule has 0 aliphatic carbocycles. The quantitative estimate of drug-likeness (QED) is 0.707. The van der Waals surface area contributed by atoms with Gasteiger partial charge in [0.15, 0.2) is 0 Å². The predicted octanol–water partition coefficient (Wildman–Crippen LogP) is 4.66. The van der Waals surface area contributed by atoms with E-state index in [0.29, 0.717) is 23.2 Å². The summed E-state index contributed by atoms with van der Waals surface area (Å²) in [6, 6.07) is 8.94. The van der Waals surface area contributed by atoms with Gasteiger partial charge in [-0.15, -0.1) is 0 Å². The van der Waals surface area contributed by atoms with Crippen LogP contribution in [0.3, 0.4) is 0 Å². The Labute approximate surface area is 165 Å². The van der Waals surface area contributed by atoms with E-state index < -0.39 is 29.7 Å². The molecule has 1 atom stereocenters. The Kier molecular flexibility index (Phi) is 5.66. The number of hydrogen-bond acceptors (Lipinski definition) is 3. The van der Waals surface area contributed by atoms with Gasteiger partial charge in [0.05, 0.1) is 11.1 Å². The lowest BCUT2D eigenvalue weighted by atomic mass is 9.90. The smallest absolute Gasteiger partial charge is 0.416 e. The molecule has 2 N–H and O–H groups in total. The summed E-state index contributed by atoms with van der Waals surface area (Å²) in [7, 11) is 0. The number of halogens is 4. The van der Waals surface area contributed by atoms with Crippen LogP contribution >= 0.6 is 0 Å². The number of carboxylic acid groups (broad SMARTS) is 1. The molecular formula is C21H20F4N2O2. The van der Waals surface area contributed by atoms with Crippen LogP contribution in [0.2, 0.25) is 0 Å². The van der Waals surface area contributed by atoms with E-state index in [2.05, 4.69) is 5.32 Å². The number of rotatable bonds is 5. The Morgan fingerprint density at radius 1 is 1.21 bits per heavy atom. The van der Waals surface area contributed by atoms with Gasteiger partial charge >= 0.3 is 12.1 Å². The Morgan fingerprint density at radius 3 is 2.52 bits per heavy atom. The normalized spacial score (nSPS) is 16.8. The standard InChI is InChI=1S/C21H20F4N2O2/c1-3-26-19-18(20(28)29)12(2)16-8-7-14(21(23,24)25)10-17(16)27(19)11-13-5-4-6-15(22)9-13/h4-10,19,26H,3,11H2,1-2H3,(H,28,29). The first-order valence-corrected chi connectivity index (χ1v) is 9.03. The van der Waals surface area contributed by atoms with Crippen molar-refractivity contribution >= 4 is 17.2 Å². The van der Waals surface area contributed by atoms with Crippen molar-refractivity contribution < 1.29 is 27.5 Å². The van der Waals surface area contributed by atoms with Crippen LogP contribution in [0.15, 0.2) is 48.0 Å². The highest BCUT2D eigenvalue weighted by Gasteiger charge is 2.37. The van der Waals surface area contributed by atoms with E-state index in [1.54, 1.807) is 24.8 Å². The summed E-state index contributed by atoms with van der Waals surface area (Å²) in [5.74, 6) is -1.64. The lowest BCUT2D eigenvalue weighted by molar-refractivity contribution is -0.137. The van der Waals surface area contributed by atoms with Crippen molar-refractivity contribution in [2.24, 2.45) is 0 Å². The molecule has 0 aromatic heterocycles. The number of allylic oxidation sites excluding steroid dienone is 1. The van der Waals surface area contributed by atoms with Gasteiger partial charge in [-0.25, -0.2) is 9.18 Å². The molecule has 2 aromatic carbocycles. The van der Waals surface area contributed by atoms with Crippen LogP contribution in [0.25, 0.3) is 5.57 Å². The topological polar surface area (TPSA) is 52.6 Å². The zero-order chi connectivity index (χ0) is 21.3. The molecule has 0 bridgehead atoms. The van der Waals surface area contributed by atoms with E-state index >= 15 is 0 Å². The third-order valence-corrected chi connectivity index (χ3v) is 4.90. The van der Waals surface area contributed by atoms with Crippen LogP contribution in [-0.4, -0.2) is 23.8 Å². The van der Waals surface area contributed by atoms with Gasteiger partial charge in [0.1, 0.15) is 12.0 Å². The highest BCUT2D eigenvalue weighted by Crippen LogP contribution is 2.41. The van der Waals surface area contributed by atoms with E-state index in [-0.39, 0.29) is 17.8 Å². The third kappa shape index (κ3) is 4.12. The molecule has 2 aromatic rings. The summed E-state index contributed by atoms with van der Waals surface area (Å²) in [6.07, 6.45) is -5.41. The van der Waals surface area contributed by atoms with Crippen molar-refractivity contribution in [2.45, 2.75) is 32.7 Å². The van der Waals surface area contributed by atoms with E-state index in [1.807, 2.05) is 0 Å². The number of likely N-dealkylation sites (N-methyl/N-ethyl adjacent to an activating group) is 1. The fourth-order valence-corrected chi connectivity index (χ4v) is 3.60. The van der Waals surface area contributed by atoms with E-state index in [4.69, 9.17) is 0 Å². The first-order valence-electron chi connectivity index (χ1n) is 9.03. The molecule has 0 saturated heterocycles. The largest absolute Gasteiger partial charge is 0.478 e. The lowest BCUT2D eigenvalue weighted by Crippen LogP contribution is -2.50. The molecule has 29 heavy (non-hydrogen) atoms. The van der Waals surface area contributed by atoms with E-state index in [9.17, 15) is 27.5 Å². The predicted molar refractivity (Wildman–Crippen MR) is 102 cm³/mol. The van der Waals surface area contributed by atoms with Crippen LogP contribution < -0.4 is 10.2 Å². The second kappa shape index (κ2) is 7.87. The van der Waals surface area contributed by atoms with E-state index in [1.165, 1.54) is 24.3 Å². The number of carbonyl (C=O) groups is 1. The first kappa shape index (κ1) is 20.9. The molecule has 8 heteroatoms. The molecule has 0 spiro atoms. The Hall–Kier alpha value is -2.87. The summed E-state index contributed by atoms with van der Waals surface area (Å²) in [5.41, 5.74) is 0.777. The molecule has 3 rings (SSSR count). The zero-order valence-corrected chi connectivity index (χ0v) is 15.8. The summed E-state index contributed by atoms with van der Waals surface area (Å²) >= 11 is 0. The number of aliphatic carboxylic acids is 1. The van der Waals surface area contributed by atoms with Crippen LogP contribution in [0.4, 0.5) is 23.2 Å². The maximum atomic E-state index is 13.7. The Morgan fingerprint density at radius 2 is 1.93 bits per heavy atom. The van der Waals surface area contributed by atoms with Gasteiger partial charge in [-0.1, -0.05) is 25.1 Å². The minimum atomic E-state index is -4.54. The van der Waals surface area contributed by atoms with Crippen molar-refractivity contribution in [2.75, 3.05) is 11.4 Å². The van der Waals surface area contributed by atoms with Crippen molar-refractivity contribution in [1.82, 2.24) is 5.32 Å². The van der Waals surface area contributed by atoms with Crippen LogP contribution in [0.1, 0.15) is 30.5 Å². The van der Waals surface area contributed by atoms with Crippen molar-refractivity contribution in [1.29, 1.82) is 0 Å². The first-order chi connectivity index (χ1) is 13.6. The Bertz CT molecular complexity index is 969. The number of hydrogen-bond donors (Lipinski definition) is 2. The third-order valence-electron chi connectivity index (χ3n) is 4.90. The molecule has 154 valence electrons. The molecule has 4 nitrogen and oxygen atoms in total. The van der Waals surface area contributed by atoms with Gasteiger partial charge in [0, 0.05) is 17.8 Å². The number of anilines is 1. The van der Waals surface area contributed by atoms with Gasteiger partial charge in [0.25, 0.3) is 0 Å². The summed E-state index contributed by atoms with van der Waals surface area (Å²) < 4.78 is 53.6. The second-order valence-electron chi connectivity index (χ2n) is 6.79. The number of carboxylic acids is 1. The van der Waals surface area contributed by atoms with Gasteiger partial charge in [-0.2, -0.15) is 13.2 Å². The van der Waals surface area contributed by atoms with Crippen LogP contribution in [0.5, 0.6) is 0 Å². The lowest BCUT2D eigenvalue weighted by Gasteiger charge is -2.40. The maximum absolute atomic E-state index is 13.7. The van der Waals surface area contributed by atoms with Crippen molar-refractivity contribution in [3.05, 3.63) is 70.5 Å². The molecule has 0 saturated carbocycles. The van der Waals surface area contributed by atoms with Crippen molar-refractivity contribution in [3.63, 3.8) is 0 Å². The van der Waals surface area contributed by atoms with E-state index in [0.717, 1.165) is 12.1 Å². The molecule has 1 aliphatic rings. The fourth-order valence-electron chi connectivity index (χ4n) is 3.60. The SMILES string of the molecule is CCNC1C(C(=O)O)=C(C)c2ccc(C(F)(F)F)cc2N1Cc1cccc(F)c1. The number of alkyl halides is 3. The van der Waals surface area contributed by atoms with Crippen LogP contribution in [-0.2, 0) is 17.5 Å². The molecule has 1 aliphatic heterocycles. The maximum Gasteiger partial charge on any atom is 0.416 e. The Balaban J connectivity index is 2.21.